The van der Waals surface area contributed by atoms with Crippen molar-refractivity contribution >= 4 is 12.1 Å². The van der Waals surface area contributed by atoms with Crippen LogP contribution in [0.4, 0.5) is 4.79 Å². The summed E-state index contributed by atoms with van der Waals surface area (Å²) in [4.78, 5) is 26.1. The number of ether oxygens (including phenoxy) is 3. The van der Waals surface area contributed by atoms with Crippen molar-refractivity contribution in [2.75, 3.05) is 33.4 Å². The predicted molar refractivity (Wildman–Crippen MR) is 152 cm³/mol. The summed E-state index contributed by atoms with van der Waals surface area (Å²) in [6, 6.07) is 0.486. The molecule has 37 heavy (non-hydrogen) atoms. The zero-order valence-corrected chi connectivity index (χ0v) is 24.1. The number of carbonyl (C=O) groups excluding carboxylic acids is 2. The maximum absolute atomic E-state index is 12.0. The van der Waals surface area contributed by atoms with Gasteiger partial charge in [0.2, 0.25) is 0 Å². The van der Waals surface area contributed by atoms with Gasteiger partial charge in [-0.3, -0.25) is 4.79 Å². The number of hydrogen-bond acceptors (Lipinski definition) is 6. The average molecular weight is 522 g/mol. The number of hydrogen-bond donors (Lipinski definition) is 0. The number of carbonyl (C=O) groups is 2. The second kappa shape index (κ2) is 23.3. The van der Waals surface area contributed by atoms with Crippen LogP contribution in [0.15, 0.2) is 24.3 Å². The van der Waals surface area contributed by atoms with Crippen LogP contribution in [0.2, 0.25) is 0 Å². The standard InChI is InChI=1S/C31H55NO5/c1-4-5-6-7-8-9-10-11-12-13-14-15-16-17-18-22-30(33)36-26-28(2)27-37-31(34)35-25-23-29-21-19-20-24-32(29)3/h8-9,11-12,28-29H,4-7,10,13-27H2,1-3H3/b9-8-,12-11-. The molecule has 1 saturated heterocycles. The number of allylic oxidation sites excluding steroid dienone is 4. The number of unbranched alkanes of at least 4 members (excludes halogenated alkanes) is 8. The van der Waals surface area contributed by atoms with E-state index < -0.39 is 6.16 Å². The monoisotopic (exact) mass is 521 g/mol. The summed E-state index contributed by atoms with van der Waals surface area (Å²) in [6.07, 6.45) is 26.2. The Bertz CT molecular complexity index is 633. The highest BCUT2D eigenvalue weighted by molar-refractivity contribution is 5.69. The van der Waals surface area contributed by atoms with E-state index >= 15 is 0 Å². The molecule has 0 radical (unpaired) electrons. The van der Waals surface area contributed by atoms with Crippen LogP contribution in [0.1, 0.15) is 117 Å². The molecule has 6 heteroatoms. The first-order valence-corrected chi connectivity index (χ1v) is 15.0. The van der Waals surface area contributed by atoms with Crippen LogP contribution in [0.5, 0.6) is 0 Å². The lowest BCUT2D eigenvalue weighted by Gasteiger charge is -2.32. The summed E-state index contributed by atoms with van der Waals surface area (Å²) in [5, 5.41) is 0. The molecule has 1 aliphatic heterocycles. The van der Waals surface area contributed by atoms with E-state index in [4.69, 9.17) is 14.2 Å². The van der Waals surface area contributed by atoms with Crippen LogP contribution < -0.4 is 0 Å². The Labute approximate surface area is 227 Å². The fourth-order valence-corrected chi connectivity index (χ4v) is 4.48. The molecule has 0 aliphatic carbocycles. The van der Waals surface area contributed by atoms with Crippen molar-refractivity contribution < 1.29 is 23.8 Å². The number of piperidine rings is 1. The van der Waals surface area contributed by atoms with Gasteiger partial charge in [-0.1, -0.05) is 76.7 Å². The van der Waals surface area contributed by atoms with E-state index in [0.29, 0.717) is 19.1 Å². The molecular weight excluding hydrogens is 466 g/mol. The van der Waals surface area contributed by atoms with Crippen LogP contribution in [0, 0.1) is 5.92 Å². The van der Waals surface area contributed by atoms with Crippen molar-refractivity contribution in [2.45, 2.75) is 123 Å². The van der Waals surface area contributed by atoms with Crippen molar-refractivity contribution in [1.29, 1.82) is 0 Å². The number of nitrogens with zero attached hydrogens (tertiary/aromatic N) is 1. The highest BCUT2D eigenvalue weighted by Gasteiger charge is 2.19. The first-order valence-electron chi connectivity index (χ1n) is 15.0. The highest BCUT2D eigenvalue weighted by Crippen LogP contribution is 2.17. The van der Waals surface area contributed by atoms with Gasteiger partial charge in [-0.2, -0.15) is 0 Å². The lowest BCUT2D eigenvalue weighted by atomic mass is 10.0. The third-order valence-electron chi connectivity index (χ3n) is 6.94. The van der Waals surface area contributed by atoms with E-state index in [1.807, 2.05) is 6.92 Å². The Morgan fingerprint density at radius 3 is 2.27 bits per heavy atom. The fraction of sp³-hybridized carbons (Fsp3) is 0.806. The minimum Gasteiger partial charge on any atom is -0.465 e. The zero-order chi connectivity index (χ0) is 27.0. The van der Waals surface area contributed by atoms with E-state index in [1.54, 1.807) is 0 Å². The first kappa shape index (κ1) is 33.2. The SMILES string of the molecule is CCCCC/C=C\C/C=C\CCCCCCCC(=O)OCC(C)COC(=O)OCCC1CCCCN1C. The van der Waals surface area contributed by atoms with Crippen LogP contribution >= 0.6 is 0 Å². The molecule has 0 spiro atoms. The molecule has 0 saturated carbocycles. The summed E-state index contributed by atoms with van der Waals surface area (Å²) in [7, 11) is 2.13. The van der Waals surface area contributed by atoms with Gasteiger partial charge >= 0.3 is 12.1 Å². The second-order valence-corrected chi connectivity index (χ2v) is 10.6. The molecule has 1 rings (SSSR count). The van der Waals surface area contributed by atoms with Crippen LogP contribution in [0.3, 0.4) is 0 Å². The molecule has 214 valence electrons. The van der Waals surface area contributed by atoms with Gasteiger partial charge in [0.1, 0.15) is 6.61 Å². The Kier molecular flexibility index (Phi) is 20.9. The maximum atomic E-state index is 12.0. The van der Waals surface area contributed by atoms with Crippen molar-refractivity contribution in [3.63, 3.8) is 0 Å². The molecule has 0 aromatic carbocycles. The highest BCUT2D eigenvalue weighted by atomic mass is 16.7. The normalized spacial score (nSPS) is 17.3. The third kappa shape index (κ3) is 19.9. The van der Waals surface area contributed by atoms with E-state index in [2.05, 4.69) is 43.2 Å². The molecular formula is C31H55NO5. The molecule has 0 bridgehead atoms. The van der Waals surface area contributed by atoms with Gasteiger partial charge in [-0.05, 0) is 71.4 Å². The van der Waals surface area contributed by atoms with Gasteiger partial charge in [-0.15, -0.1) is 0 Å². The Morgan fingerprint density at radius 1 is 0.865 bits per heavy atom. The van der Waals surface area contributed by atoms with E-state index in [-0.39, 0.29) is 25.1 Å². The van der Waals surface area contributed by atoms with Crippen LogP contribution in [-0.4, -0.2) is 56.5 Å². The van der Waals surface area contributed by atoms with Gasteiger partial charge in [0, 0.05) is 18.4 Å². The Balaban J connectivity index is 1.90. The molecule has 1 fully saturated rings. The largest absolute Gasteiger partial charge is 0.508 e. The van der Waals surface area contributed by atoms with E-state index in [0.717, 1.165) is 51.5 Å². The van der Waals surface area contributed by atoms with Crippen LogP contribution in [-0.2, 0) is 19.0 Å². The van der Waals surface area contributed by atoms with Gasteiger partial charge in [0.25, 0.3) is 0 Å². The minimum absolute atomic E-state index is 0.0504. The third-order valence-corrected chi connectivity index (χ3v) is 6.94. The molecule has 1 heterocycles. The summed E-state index contributed by atoms with van der Waals surface area (Å²) < 4.78 is 15.7. The molecule has 0 aromatic rings. The second-order valence-electron chi connectivity index (χ2n) is 10.6. The number of likely N-dealkylation sites (tertiary alicyclic amines) is 1. The maximum Gasteiger partial charge on any atom is 0.508 e. The molecule has 2 unspecified atom stereocenters. The number of rotatable bonds is 21. The van der Waals surface area contributed by atoms with Gasteiger partial charge in [-0.25, -0.2) is 4.79 Å². The van der Waals surface area contributed by atoms with Crippen molar-refractivity contribution in [2.24, 2.45) is 5.92 Å². The summed E-state index contributed by atoms with van der Waals surface area (Å²) in [5.41, 5.74) is 0. The van der Waals surface area contributed by atoms with E-state index in [9.17, 15) is 9.59 Å². The molecule has 2 atom stereocenters. The Morgan fingerprint density at radius 2 is 1.54 bits per heavy atom. The molecule has 1 aliphatic rings. The molecule has 0 amide bonds. The van der Waals surface area contributed by atoms with Gasteiger partial charge in [0.05, 0.1) is 13.2 Å². The average Bonchev–Trinajstić information content (AvgIpc) is 2.89. The van der Waals surface area contributed by atoms with Crippen molar-refractivity contribution in [3.05, 3.63) is 24.3 Å². The zero-order valence-electron chi connectivity index (χ0n) is 24.1. The summed E-state index contributed by atoms with van der Waals surface area (Å²) >= 11 is 0. The summed E-state index contributed by atoms with van der Waals surface area (Å²) in [5.74, 6) is -0.220. The number of esters is 1. The molecule has 6 nitrogen and oxygen atoms in total. The Hall–Kier alpha value is -1.82. The van der Waals surface area contributed by atoms with Gasteiger partial charge in [0.15, 0.2) is 0 Å². The fourth-order valence-electron chi connectivity index (χ4n) is 4.48. The lowest BCUT2D eigenvalue weighted by Crippen LogP contribution is -2.37. The molecule has 0 aromatic heterocycles. The topological polar surface area (TPSA) is 65.1 Å². The summed E-state index contributed by atoms with van der Waals surface area (Å²) in [6.45, 7) is 6.08. The smallest absolute Gasteiger partial charge is 0.465 e. The predicted octanol–water partition coefficient (Wildman–Crippen LogP) is 8.01. The lowest BCUT2D eigenvalue weighted by molar-refractivity contribution is -0.145. The minimum atomic E-state index is -0.637. The first-order chi connectivity index (χ1) is 18.0. The quantitative estimate of drug-likeness (QED) is 0.0866. The van der Waals surface area contributed by atoms with Crippen molar-refractivity contribution in [3.8, 4) is 0 Å². The molecule has 0 N–H and O–H groups in total. The van der Waals surface area contributed by atoms with Crippen molar-refractivity contribution in [1.82, 2.24) is 4.90 Å². The van der Waals surface area contributed by atoms with Gasteiger partial charge < -0.3 is 19.1 Å². The van der Waals surface area contributed by atoms with E-state index in [1.165, 1.54) is 51.4 Å². The van der Waals surface area contributed by atoms with Crippen LogP contribution in [0.25, 0.3) is 0 Å².